The third kappa shape index (κ3) is 4.30. The topological polar surface area (TPSA) is 33.1 Å². The molecule has 0 radical (unpaired) electrons. The summed E-state index contributed by atoms with van der Waals surface area (Å²) in [7, 11) is 2.07. The van der Waals surface area contributed by atoms with Crippen LogP contribution in [0.4, 0.5) is 0 Å². The average molecular weight is 292 g/mol. The van der Waals surface area contributed by atoms with Crippen molar-refractivity contribution in [3.63, 3.8) is 0 Å². The zero-order valence-electron chi connectivity index (χ0n) is 14.2. The summed E-state index contributed by atoms with van der Waals surface area (Å²) in [6, 6.07) is 3.39. The van der Waals surface area contributed by atoms with Crippen molar-refractivity contribution < 1.29 is 0 Å². The molecule has 0 spiro atoms. The molecule has 1 fully saturated rings. The summed E-state index contributed by atoms with van der Waals surface area (Å²) in [5, 5.41) is 8.17. The van der Waals surface area contributed by atoms with Gasteiger partial charge >= 0.3 is 0 Å². The van der Waals surface area contributed by atoms with E-state index in [0.29, 0.717) is 12.1 Å². The molecule has 1 aliphatic rings. The van der Waals surface area contributed by atoms with Gasteiger partial charge in [0, 0.05) is 18.8 Å². The van der Waals surface area contributed by atoms with Crippen molar-refractivity contribution in [2.45, 2.75) is 65.1 Å². The Bertz CT molecular complexity index is 403. The highest BCUT2D eigenvalue weighted by atomic mass is 15.3. The summed E-state index contributed by atoms with van der Waals surface area (Å²) in [6.07, 6.45) is 7.07. The molecular formula is C17H32N4. The quantitative estimate of drug-likeness (QED) is 0.838. The molecule has 0 aromatic carbocycles. The van der Waals surface area contributed by atoms with E-state index >= 15 is 0 Å². The van der Waals surface area contributed by atoms with Crippen LogP contribution in [0, 0.1) is 5.92 Å². The van der Waals surface area contributed by atoms with Crippen molar-refractivity contribution in [3.8, 4) is 0 Å². The third-order valence-corrected chi connectivity index (χ3v) is 5.16. The first-order chi connectivity index (χ1) is 10.2. The van der Waals surface area contributed by atoms with Gasteiger partial charge in [0.25, 0.3) is 0 Å². The highest BCUT2D eigenvalue weighted by Gasteiger charge is 2.23. The molecule has 21 heavy (non-hydrogen) atoms. The van der Waals surface area contributed by atoms with Crippen LogP contribution in [0.5, 0.6) is 0 Å². The summed E-state index contributed by atoms with van der Waals surface area (Å²) in [4.78, 5) is 2.55. The first kappa shape index (κ1) is 16.5. The van der Waals surface area contributed by atoms with Gasteiger partial charge in [0.05, 0.1) is 11.7 Å². The van der Waals surface area contributed by atoms with Crippen LogP contribution in [0.15, 0.2) is 12.3 Å². The van der Waals surface area contributed by atoms with Crippen LogP contribution >= 0.6 is 0 Å². The lowest BCUT2D eigenvalue weighted by molar-refractivity contribution is 0.157. The molecule has 1 aromatic heterocycles. The summed E-state index contributed by atoms with van der Waals surface area (Å²) >= 11 is 0. The number of likely N-dealkylation sites (tertiary alicyclic amines) is 1. The molecule has 1 atom stereocenters. The number of hydrogen-bond donors (Lipinski definition) is 1. The minimum absolute atomic E-state index is 0.556. The first-order valence-electron chi connectivity index (χ1n) is 8.61. The number of nitrogens with one attached hydrogen (secondary N) is 1. The average Bonchev–Trinajstić information content (AvgIpc) is 2.97. The summed E-state index contributed by atoms with van der Waals surface area (Å²) < 4.78 is 2.16. The van der Waals surface area contributed by atoms with E-state index in [-0.39, 0.29) is 0 Å². The zero-order valence-corrected chi connectivity index (χ0v) is 14.2. The number of nitrogens with zero attached hydrogens (tertiary/aromatic N) is 3. The van der Waals surface area contributed by atoms with Gasteiger partial charge in [-0.05, 0) is 64.7 Å². The van der Waals surface area contributed by atoms with Crippen LogP contribution in [-0.4, -0.2) is 40.9 Å². The Labute approximate surface area is 129 Å². The Morgan fingerprint density at radius 3 is 2.52 bits per heavy atom. The third-order valence-electron chi connectivity index (χ3n) is 5.16. The van der Waals surface area contributed by atoms with Crippen LogP contribution in [0.25, 0.3) is 0 Å². The van der Waals surface area contributed by atoms with Gasteiger partial charge in [0.15, 0.2) is 0 Å². The molecule has 0 saturated carbocycles. The first-order valence-corrected chi connectivity index (χ1v) is 8.61. The molecule has 4 heteroatoms. The Hall–Kier alpha value is -0.870. The standard InChI is InChI=1S/C17H32N4/c1-5-17(6-2)21-12-9-16(19-21)13-20-10-7-15(8-11-20)14(3)18-4/h9,12,14-15,17-18H,5-8,10-11,13H2,1-4H3. The van der Waals surface area contributed by atoms with Crippen LogP contribution in [0.3, 0.4) is 0 Å². The minimum atomic E-state index is 0.556. The highest BCUT2D eigenvalue weighted by molar-refractivity contribution is 5.00. The monoisotopic (exact) mass is 292 g/mol. The molecule has 0 amide bonds. The molecule has 1 saturated heterocycles. The molecule has 1 unspecified atom stereocenters. The van der Waals surface area contributed by atoms with E-state index in [1.807, 2.05) is 0 Å². The maximum Gasteiger partial charge on any atom is 0.0764 e. The Morgan fingerprint density at radius 1 is 1.29 bits per heavy atom. The van der Waals surface area contributed by atoms with E-state index < -0.39 is 0 Å². The van der Waals surface area contributed by atoms with E-state index in [1.165, 1.54) is 31.6 Å². The highest BCUT2D eigenvalue weighted by Crippen LogP contribution is 2.22. The lowest BCUT2D eigenvalue weighted by atomic mass is 9.90. The lowest BCUT2D eigenvalue weighted by Gasteiger charge is -2.34. The number of rotatable bonds is 7. The fourth-order valence-corrected chi connectivity index (χ4v) is 3.40. The van der Waals surface area contributed by atoms with Crippen molar-refractivity contribution in [1.29, 1.82) is 0 Å². The molecule has 2 rings (SSSR count). The van der Waals surface area contributed by atoms with Crippen LogP contribution < -0.4 is 5.32 Å². The van der Waals surface area contributed by atoms with Gasteiger partial charge in [-0.3, -0.25) is 9.58 Å². The van der Waals surface area contributed by atoms with Crippen LogP contribution in [0.1, 0.15) is 58.2 Å². The SMILES string of the molecule is CCC(CC)n1ccc(CN2CCC(C(C)NC)CC2)n1. The second kappa shape index (κ2) is 7.95. The Kier molecular flexibility index (Phi) is 6.24. The number of piperidine rings is 1. The summed E-state index contributed by atoms with van der Waals surface area (Å²) in [6.45, 7) is 10.2. The summed E-state index contributed by atoms with van der Waals surface area (Å²) in [5.41, 5.74) is 1.22. The molecule has 120 valence electrons. The maximum atomic E-state index is 4.78. The molecule has 0 aliphatic carbocycles. The predicted octanol–water partition coefficient (Wildman–Crippen LogP) is 3.06. The van der Waals surface area contributed by atoms with Crippen molar-refractivity contribution >= 4 is 0 Å². The Morgan fingerprint density at radius 2 is 1.95 bits per heavy atom. The van der Waals surface area contributed by atoms with Crippen molar-refractivity contribution in [2.75, 3.05) is 20.1 Å². The van der Waals surface area contributed by atoms with E-state index in [1.54, 1.807) is 0 Å². The van der Waals surface area contributed by atoms with Crippen molar-refractivity contribution in [2.24, 2.45) is 5.92 Å². The van der Waals surface area contributed by atoms with Gasteiger partial charge in [0.2, 0.25) is 0 Å². The second-order valence-electron chi connectivity index (χ2n) is 6.45. The molecule has 2 heterocycles. The predicted molar refractivity (Wildman–Crippen MR) is 88.4 cm³/mol. The van der Waals surface area contributed by atoms with E-state index in [4.69, 9.17) is 5.10 Å². The van der Waals surface area contributed by atoms with Gasteiger partial charge in [-0.1, -0.05) is 13.8 Å². The summed E-state index contributed by atoms with van der Waals surface area (Å²) in [5.74, 6) is 0.827. The number of aromatic nitrogens is 2. The van der Waals surface area contributed by atoms with Gasteiger partial charge < -0.3 is 5.32 Å². The van der Waals surface area contributed by atoms with E-state index in [0.717, 1.165) is 25.3 Å². The Balaban J connectivity index is 1.84. The van der Waals surface area contributed by atoms with Gasteiger partial charge in [-0.2, -0.15) is 5.10 Å². The maximum absolute atomic E-state index is 4.78. The molecule has 4 nitrogen and oxygen atoms in total. The molecule has 1 aliphatic heterocycles. The van der Waals surface area contributed by atoms with Crippen LogP contribution in [-0.2, 0) is 6.54 Å². The van der Waals surface area contributed by atoms with Crippen molar-refractivity contribution in [1.82, 2.24) is 20.0 Å². The molecular weight excluding hydrogens is 260 g/mol. The second-order valence-corrected chi connectivity index (χ2v) is 6.45. The normalized spacial score (nSPS) is 19.3. The largest absolute Gasteiger partial charge is 0.317 e. The van der Waals surface area contributed by atoms with E-state index in [9.17, 15) is 0 Å². The zero-order chi connectivity index (χ0) is 15.2. The lowest BCUT2D eigenvalue weighted by Crippen LogP contribution is -2.40. The molecule has 1 N–H and O–H groups in total. The van der Waals surface area contributed by atoms with Crippen LogP contribution in [0.2, 0.25) is 0 Å². The minimum Gasteiger partial charge on any atom is -0.317 e. The fraction of sp³-hybridized carbons (Fsp3) is 0.824. The van der Waals surface area contributed by atoms with Gasteiger partial charge in [-0.25, -0.2) is 0 Å². The van der Waals surface area contributed by atoms with Gasteiger partial charge in [-0.15, -0.1) is 0 Å². The molecule has 1 aromatic rings. The van der Waals surface area contributed by atoms with Gasteiger partial charge in [0.1, 0.15) is 0 Å². The molecule has 0 bridgehead atoms. The smallest absolute Gasteiger partial charge is 0.0764 e. The fourth-order valence-electron chi connectivity index (χ4n) is 3.40. The van der Waals surface area contributed by atoms with Crippen molar-refractivity contribution in [3.05, 3.63) is 18.0 Å². The van der Waals surface area contributed by atoms with E-state index in [2.05, 4.69) is 55.0 Å². The number of hydrogen-bond acceptors (Lipinski definition) is 3.